The molecule has 0 saturated carbocycles. The quantitative estimate of drug-likeness (QED) is 0.832. The summed E-state index contributed by atoms with van der Waals surface area (Å²) in [7, 11) is 0. The van der Waals surface area contributed by atoms with Gasteiger partial charge < -0.3 is 14.9 Å². The minimum atomic E-state index is -1.51. The number of carbonyl (C=O) groups is 3. The summed E-state index contributed by atoms with van der Waals surface area (Å²) in [6.07, 6.45) is -1.57. The molecule has 0 radical (unpaired) electrons. The highest BCUT2D eigenvalue weighted by Gasteiger charge is 2.34. The summed E-state index contributed by atoms with van der Waals surface area (Å²) in [5, 5.41) is 18.2. The number of aliphatic carboxylic acids is 2. The fraction of sp³-hybridized carbons (Fsp3) is 0.438. The molecule has 126 valence electrons. The van der Waals surface area contributed by atoms with Gasteiger partial charge in [0.1, 0.15) is 11.6 Å². The molecular formula is C16H21NO6. The molecule has 1 aromatic carbocycles. The molecule has 1 rings (SSSR count). The number of ether oxygens (including phenoxy) is 1. The molecule has 0 fully saturated rings. The second-order valence-electron chi connectivity index (χ2n) is 6.05. The van der Waals surface area contributed by atoms with E-state index < -0.39 is 36.1 Å². The summed E-state index contributed by atoms with van der Waals surface area (Å²) < 4.78 is 5.22. The average molecular weight is 323 g/mol. The van der Waals surface area contributed by atoms with E-state index in [-0.39, 0.29) is 6.54 Å². The van der Waals surface area contributed by atoms with E-state index >= 15 is 0 Å². The SMILES string of the molecule is CC(C)(C)OC(=O)N(Cc1ccccc1)[C@H](CC(=O)O)C(=O)O. The maximum Gasteiger partial charge on any atom is 0.411 e. The number of rotatable bonds is 6. The third-order valence-corrected chi connectivity index (χ3v) is 2.85. The van der Waals surface area contributed by atoms with Gasteiger partial charge in [-0.2, -0.15) is 0 Å². The van der Waals surface area contributed by atoms with Gasteiger partial charge in [0.2, 0.25) is 0 Å². The highest BCUT2D eigenvalue weighted by atomic mass is 16.6. The van der Waals surface area contributed by atoms with Crippen molar-refractivity contribution in [2.75, 3.05) is 0 Å². The van der Waals surface area contributed by atoms with Crippen LogP contribution >= 0.6 is 0 Å². The van der Waals surface area contributed by atoms with E-state index in [0.29, 0.717) is 5.56 Å². The van der Waals surface area contributed by atoms with Crippen LogP contribution in [-0.4, -0.2) is 44.8 Å². The number of carboxylic acid groups (broad SMARTS) is 2. The zero-order valence-corrected chi connectivity index (χ0v) is 13.4. The Labute approximate surface area is 134 Å². The van der Waals surface area contributed by atoms with Gasteiger partial charge in [-0.05, 0) is 26.3 Å². The van der Waals surface area contributed by atoms with Crippen molar-refractivity contribution in [3.05, 3.63) is 35.9 Å². The lowest BCUT2D eigenvalue weighted by atomic mass is 10.1. The Morgan fingerprint density at radius 1 is 1.13 bits per heavy atom. The van der Waals surface area contributed by atoms with E-state index in [1.54, 1.807) is 51.1 Å². The standard InChI is InChI=1S/C16H21NO6/c1-16(2,3)23-15(22)17(10-11-7-5-4-6-8-11)12(14(20)21)9-13(18)19/h4-8,12H,9-10H2,1-3H3,(H,18,19)(H,20,21)/t12-/m1/s1. The Hall–Kier alpha value is -2.57. The largest absolute Gasteiger partial charge is 0.481 e. The number of carboxylic acids is 2. The molecule has 0 spiro atoms. The van der Waals surface area contributed by atoms with Crippen LogP contribution in [0, 0.1) is 0 Å². The first-order valence-corrected chi connectivity index (χ1v) is 7.08. The number of carbonyl (C=O) groups excluding carboxylic acids is 1. The third kappa shape index (κ3) is 6.37. The second-order valence-corrected chi connectivity index (χ2v) is 6.05. The molecule has 23 heavy (non-hydrogen) atoms. The lowest BCUT2D eigenvalue weighted by Gasteiger charge is -2.31. The van der Waals surface area contributed by atoms with Crippen molar-refractivity contribution >= 4 is 18.0 Å². The minimum absolute atomic E-state index is 0.0556. The van der Waals surface area contributed by atoms with Gasteiger partial charge in [-0.1, -0.05) is 30.3 Å². The fourth-order valence-corrected chi connectivity index (χ4v) is 1.90. The Bertz CT molecular complexity index is 564. The van der Waals surface area contributed by atoms with Crippen molar-refractivity contribution < 1.29 is 29.3 Å². The van der Waals surface area contributed by atoms with Crippen molar-refractivity contribution in [2.24, 2.45) is 0 Å². The molecule has 1 aromatic rings. The first-order chi connectivity index (χ1) is 10.6. The highest BCUT2D eigenvalue weighted by molar-refractivity contribution is 5.84. The summed E-state index contributed by atoms with van der Waals surface area (Å²) in [6, 6.07) is 7.20. The summed E-state index contributed by atoms with van der Waals surface area (Å²) >= 11 is 0. The van der Waals surface area contributed by atoms with Crippen molar-refractivity contribution in [3.63, 3.8) is 0 Å². The van der Waals surface area contributed by atoms with Gasteiger partial charge in [-0.3, -0.25) is 9.69 Å². The maximum absolute atomic E-state index is 12.3. The molecule has 2 N–H and O–H groups in total. The molecule has 1 amide bonds. The van der Waals surface area contributed by atoms with Crippen molar-refractivity contribution in [1.29, 1.82) is 0 Å². The van der Waals surface area contributed by atoms with E-state index in [0.717, 1.165) is 4.90 Å². The van der Waals surface area contributed by atoms with Gasteiger partial charge >= 0.3 is 18.0 Å². The van der Waals surface area contributed by atoms with Gasteiger partial charge in [0.25, 0.3) is 0 Å². The van der Waals surface area contributed by atoms with Crippen LogP contribution in [0.4, 0.5) is 4.79 Å². The Morgan fingerprint density at radius 2 is 1.70 bits per heavy atom. The first kappa shape index (κ1) is 18.5. The molecule has 0 aliphatic rings. The van der Waals surface area contributed by atoms with Gasteiger partial charge in [-0.25, -0.2) is 9.59 Å². The van der Waals surface area contributed by atoms with Crippen LogP contribution in [-0.2, 0) is 20.9 Å². The molecule has 0 aromatic heterocycles. The van der Waals surface area contributed by atoms with Gasteiger partial charge in [0.15, 0.2) is 0 Å². The number of nitrogens with zero attached hydrogens (tertiary/aromatic N) is 1. The molecule has 7 nitrogen and oxygen atoms in total. The molecule has 0 heterocycles. The van der Waals surface area contributed by atoms with Crippen LogP contribution in [0.15, 0.2) is 30.3 Å². The van der Waals surface area contributed by atoms with Crippen LogP contribution in [0.5, 0.6) is 0 Å². The molecule has 1 atom stereocenters. The number of hydrogen-bond donors (Lipinski definition) is 2. The Balaban J connectivity index is 3.09. The molecule has 7 heteroatoms. The van der Waals surface area contributed by atoms with Crippen LogP contribution in [0.1, 0.15) is 32.8 Å². The molecule has 0 bridgehead atoms. The molecule has 0 aliphatic carbocycles. The monoisotopic (exact) mass is 323 g/mol. The Kier molecular flexibility index (Phi) is 6.12. The predicted octanol–water partition coefficient (Wildman–Crippen LogP) is 2.35. The van der Waals surface area contributed by atoms with Gasteiger partial charge in [0.05, 0.1) is 6.42 Å². The van der Waals surface area contributed by atoms with Crippen LogP contribution < -0.4 is 0 Å². The minimum Gasteiger partial charge on any atom is -0.481 e. The lowest BCUT2D eigenvalue weighted by Crippen LogP contribution is -2.47. The van der Waals surface area contributed by atoms with E-state index in [4.69, 9.17) is 9.84 Å². The second kappa shape index (κ2) is 7.62. The first-order valence-electron chi connectivity index (χ1n) is 7.08. The molecule has 0 saturated heterocycles. The third-order valence-electron chi connectivity index (χ3n) is 2.85. The molecule has 0 aliphatic heterocycles. The summed E-state index contributed by atoms with van der Waals surface area (Å²) in [5.41, 5.74) is -0.145. The van der Waals surface area contributed by atoms with Crippen molar-refractivity contribution in [1.82, 2.24) is 4.90 Å². The van der Waals surface area contributed by atoms with Crippen LogP contribution in [0.25, 0.3) is 0 Å². The van der Waals surface area contributed by atoms with E-state index in [1.165, 1.54) is 0 Å². The normalized spacial score (nSPS) is 12.3. The summed E-state index contributed by atoms with van der Waals surface area (Å²) in [4.78, 5) is 35.6. The topological polar surface area (TPSA) is 104 Å². The van der Waals surface area contributed by atoms with Crippen LogP contribution in [0.2, 0.25) is 0 Å². The predicted molar refractivity (Wildman–Crippen MR) is 81.9 cm³/mol. The van der Waals surface area contributed by atoms with Gasteiger partial charge in [-0.15, -0.1) is 0 Å². The van der Waals surface area contributed by atoms with Gasteiger partial charge in [0, 0.05) is 6.54 Å². The number of hydrogen-bond acceptors (Lipinski definition) is 4. The maximum atomic E-state index is 12.3. The zero-order valence-electron chi connectivity index (χ0n) is 13.4. The van der Waals surface area contributed by atoms with E-state index in [9.17, 15) is 19.5 Å². The van der Waals surface area contributed by atoms with E-state index in [1.807, 2.05) is 0 Å². The van der Waals surface area contributed by atoms with Crippen molar-refractivity contribution in [2.45, 2.75) is 45.4 Å². The summed E-state index contributed by atoms with van der Waals surface area (Å²) in [5.74, 6) is -2.70. The molecular weight excluding hydrogens is 302 g/mol. The fourth-order valence-electron chi connectivity index (χ4n) is 1.90. The van der Waals surface area contributed by atoms with Crippen LogP contribution in [0.3, 0.4) is 0 Å². The lowest BCUT2D eigenvalue weighted by molar-refractivity contribution is -0.149. The number of amides is 1. The van der Waals surface area contributed by atoms with E-state index in [2.05, 4.69) is 0 Å². The summed E-state index contributed by atoms with van der Waals surface area (Å²) in [6.45, 7) is 4.90. The Morgan fingerprint density at radius 3 is 2.13 bits per heavy atom. The average Bonchev–Trinajstić information content (AvgIpc) is 2.41. The highest BCUT2D eigenvalue weighted by Crippen LogP contribution is 2.17. The smallest absolute Gasteiger partial charge is 0.411 e. The van der Waals surface area contributed by atoms with Crippen molar-refractivity contribution in [3.8, 4) is 0 Å². The zero-order chi connectivity index (χ0) is 17.6. The molecule has 0 unspecified atom stereocenters. The number of benzene rings is 1.